The summed E-state index contributed by atoms with van der Waals surface area (Å²) in [5.74, 6) is 1.13. The van der Waals surface area contributed by atoms with E-state index in [9.17, 15) is 18.4 Å². The molecule has 3 aliphatic heterocycles. The maximum atomic E-state index is 14.0. The first kappa shape index (κ1) is 34.4. The number of carbonyl (C=O) groups is 2. The number of fused-ring (bicyclic) bond motifs is 1. The molecule has 4 heterocycles. The molecule has 15 heteroatoms. The van der Waals surface area contributed by atoms with Crippen molar-refractivity contribution in [3.63, 3.8) is 0 Å². The third kappa shape index (κ3) is 7.39. The topological polar surface area (TPSA) is 109 Å². The van der Waals surface area contributed by atoms with E-state index >= 15 is 0 Å². The molecule has 2 saturated heterocycles. The van der Waals surface area contributed by atoms with Gasteiger partial charge >= 0.3 is 12.0 Å². The molecule has 1 aromatic heterocycles. The number of ether oxygens (including phenoxy) is 3. The molecule has 4 aromatic rings. The van der Waals surface area contributed by atoms with Crippen molar-refractivity contribution in [3.8, 4) is 17.2 Å². The van der Waals surface area contributed by atoms with Crippen LogP contribution in [0.3, 0.4) is 0 Å². The summed E-state index contributed by atoms with van der Waals surface area (Å²) in [6, 6.07) is 17.2. The zero-order valence-corrected chi connectivity index (χ0v) is 29.0. The summed E-state index contributed by atoms with van der Waals surface area (Å²) in [5, 5.41) is 5.92. The highest BCUT2D eigenvalue weighted by atomic mass is 35.5. The number of piperazine rings is 1. The lowest BCUT2D eigenvalue weighted by Crippen LogP contribution is -2.53. The number of esters is 1. The third-order valence-electron chi connectivity index (χ3n) is 8.80. The van der Waals surface area contributed by atoms with Crippen LogP contribution in [0.5, 0.6) is 17.2 Å². The Kier molecular flexibility index (Phi) is 10.2. The summed E-state index contributed by atoms with van der Waals surface area (Å²) in [6.45, 7) is 1.86. The van der Waals surface area contributed by atoms with Crippen molar-refractivity contribution < 1.29 is 32.6 Å². The summed E-state index contributed by atoms with van der Waals surface area (Å²) < 4.78 is 42.8. The third-order valence-corrected chi connectivity index (χ3v) is 9.90. The average Bonchev–Trinajstić information content (AvgIpc) is 3.80. The van der Waals surface area contributed by atoms with Crippen LogP contribution in [-0.4, -0.2) is 91.8 Å². The van der Waals surface area contributed by atoms with E-state index in [1.54, 1.807) is 47.5 Å². The minimum absolute atomic E-state index is 0.00212. The number of benzene rings is 3. The van der Waals surface area contributed by atoms with Crippen LogP contribution in [0.1, 0.15) is 16.6 Å². The molecule has 0 aliphatic carbocycles. The number of amides is 2. The Morgan fingerprint density at radius 3 is 2.47 bits per heavy atom. The highest BCUT2D eigenvalue weighted by Gasteiger charge is 2.42. The van der Waals surface area contributed by atoms with Crippen LogP contribution in [0, 0.1) is 5.82 Å². The van der Waals surface area contributed by atoms with Crippen molar-refractivity contribution in [2.45, 2.75) is 12.1 Å². The van der Waals surface area contributed by atoms with Crippen LogP contribution in [-0.2, 0) is 9.53 Å². The van der Waals surface area contributed by atoms with E-state index in [1.807, 2.05) is 22.4 Å². The van der Waals surface area contributed by atoms with Crippen LogP contribution < -0.4 is 19.7 Å². The van der Waals surface area contributed by atoms with Gasteiger partial charge in [-0.25, -0.2) is 23.4 Å². The Morgan fingerprint density at radius 2 is 1.78 bits per heavy atom. The molecular formula is C36H33ClF2N6O5S. The molecule has 264 valence electrons. The second kappa shape index (κ2) is 15.1. The predicted octanol–water partition coefficient (Wildman–Crippen LogP) is 6.22. The van der Waals surface area contributed by atoms with E-state index in [0.717, 1.165) is 5.69 Å². The Labute approximate surface area is 301 Å². The van der Waals surface area contributed by atoms with Crippen LogP contribution >= 0.6 is 22.9 Å². The maximum absolute atomic E-state index is 14.0. The molecule has 3 aliphatic rings. The lowest BCUT2D eigenvalue weighted by molar-refractivity contribution is -0.136. The summed E-state index contributed by atoms with van der Waals surface area (Å²) in [7, 11) is 1.30. The second-order valence-electron chi connectivity index (χ2n) is 12.0. The van der Waals surface area contributed by atoms with Crippen molar-refractivity contribution in [2.24, 2.45) is 4.99 Å². The summed E-state index contributed by atoms with van der Waals surface area (Å²) >= 11 is 7.89. The van der Waals surface area contributed by atoms with Gasteiger partial charge < -0.3 is 24.4 Å². The molecule has 51 heavy (non-hydrogen) atoms. The number of aliphatic imine (C=N–C) groups is 1. The van der Waals surface area contributed by atoms with Crippen LogP contribution in [0.4, 0.5) is 19.3 Å². The van der Waals surface area contributed by atoms with Gasteiger partial charge in [-0.15, -0.1) is 11.3 Å². The quantitative estimate of drug-likeness (QED) is 0.181. The Balaban J connectivity index is 1.07. The van der Waals surface area contributed by atoms with Gasteiger partial charge in [0.25, 0.3) is 0 Å². The van der Waals surface area contributed by atoms with Gasteiger partial charge in [0.05, 0.1) is 18.7 Å². The van der Waals surface area contributed by atoms with Crippen molar-refractivity contribution in [2.75, 3.05) is 58.0 Å². The number of rotatable bonds is 11. The van der Waals surface area contributed by atoms with Crippen LogP contribution in [0.25, 0.3) is 0 Å². The van der Waals surface area contributed by atoms with Gasteiger partial charge in [-0.2, -0.15) is 0 Å². The molecule has 2 atom stereocenters. The molecule has 0 unspecified atom stereocenters. The molecule has 11 nitrogen and oxygen atoms in total. The number of anilines is 1. The predicted molar refractivity (Wildman–Crippen MR) is 189 cm³/mol. The van der Waals surface area contributed by atoms with Crippen molar-refractivity contribution in [1.82, 2.24) is 20.1 Å². The number of nitrogens with zero attached hydrogens (tertiary/aromatic N) is 5. The Morgan fingerprint density at radius 1 is 1.04 bits per heavy atom. The van der Waals surface area contributed by atoms with Gasteiger partial charge in [-0.1, -0.05) is 17.7 Å². The summed E-state index contributed by atoms with van der Waals surface area (Å²) in [5.41, 5.74) is 2.04. The molecule has 0 bridgehead atoms. The summed E-state index contributed by atoms with van der Waals surface area (Å²) in [4.78, 5) is 41.9. The Hall–Kier alpha value is -5.05. The van der Waals surface area contributed by atoms with Gasteiger partial charge in [0, 0.05) is 66.3 Å². The molecule has 0 radical (unpaired) electrons. The van der Waals surface area contributed by atoms with Crippen LogP contribution in [0.2, 0.25) is 5.02 Å². The molecule has 1 N–H and O–H groups in total. The van der Waals surface area contributed by atoms with Gasteiger partial charge in [-0.05, 0) is 60.7 Å². The second-order valence-corrected chi connectivity index (χ2v) is 13.3. The van der Waals surface area contributed by atoms with E-state index in [1.165, 1.54) is 36.6 Å². The van der Waals surface area contributed by atoms with Gasteiger partial charge in [0.15, 0.2) is 10.8 Å². The van der Waals surface area contributed by atoms with E-state index in [4.69, 9.17) is 30.8 Å². The highest BCUT2D eigenvalue weighted by Crippen LogP contribution is 2.37. The average molecular weight is 735 g/mol. The molecule has 0 spiro atoms. The molecule has 2 amide bonds. The molecule has 0 saturated carbocycles. The highest BCUT2D eigenvalue weighted by molar-refractivity contribution is 7.11. The first-order valence-electron chi connectivity index (χ1n) is 16.2. The van der Waals surface area contributed by atoms with Crippen molar-refractivity contribution in [3.05, 3.63) is 111 Å². The number of aromatic nitrogens is 1. The Bertz CT molecular complexity index is 1960. The molecule has 7 rings (SSSR count). The minimum Gasteiger partial charge on any atom is -0.491 e. The van der Waals surface area contributed by atoms with Crippen LogP contribution in [0.15, 0.2) is 94.6 Å². The monoisotopic (exact) mass is 734 g/mol. The van der Waals surface area contributed by atoms with E-state index in [0.29, 0.717) is 72.1 Å². The number of hydrogen-bond donors (Lipinski definition) is 1. The number of thiazole rings is 1. The van der Waals surface area contributed by atoms with E-state index in [-0.39, 0.29) is 29.3 Å². The largest absolute Gasteiger partial charge is 0.491 e. The molecule has 3 aromatic carbocycles. The first-order valence-corrected chi connectivity index (χ1v) is 17.4. The zero-order chi connectivity index (χ0) is 35.5. The fourth-order valence-electron chi connectivity index (χ4n) is 6.41. The lowest BCUT2D eigenvalue weighted by Gasteiger charge is -2.38. The summed E-state index contributed by atoms with van der Waals surface area (Å²) in [6.07, 6.45) is 1.67. The van der Waals surface area contributed by atoms with Gasteiger partial charge in [-0.3, -0.25) is 14.8 Å². The molecular weight excluding hydrogens is 702 g/mol. The number of methoxy groups -OCH3 is 1. The number of halogens is 3. The number of nitrogens with one attached hydrogen (secondary N) is 1. The normalized spacial score (nSPS) is 19.1. The number of hydrogen-bond acceptors (Lipinski definition) is 10. The van der Waals surface area contributed by atoms with Crippen molar-refractivity contribution in [1.29, 1.82) is 0 Å². The minimum atomic E-state index is -0.863. The first-order chi connectivity index (χ1) is 24.8. The number of alkyl halides is 1. The number of carbonyl (C=O) groups excluding carboxylic acids is 2. The van der Waals surface area contributed by atoms with Gasteiger partial charge in [0.2, 0.25) is 0 Å². The molecule has 2 fully saturated rings. The number of amidine groups is 1. The lowest BCUT2D eigenvalue weighted by atomic mass is 9.95. The van der Waals surface area contributed by atoms with Crippen molar-refractivity contribution >= 4 is 46.5 Å². The number of urea groups is 1. The maximum Gasteiger partial charge on any atom is 0.338 e. The standard InChI is InChI=1S/C36H33ClF2N6O5S/c1-48-35(46)31-30(41-33(34-40-13-17-51-34)42-32(31)28-11-2-22(39)18-29(28)37)21-43-14-15-44-24(19-43)20-45(36(44)47)23-3-5-26(6-4-23)50-27-9-7-25(8-10-27)49-16-12-38/h2-11,13,17-18,24,32H,12,14-16,19-21H2,1H3,(H,41,42)/t24-,32-/m0/s1. The van der Waals surface area contributed by atoms with Gasteiger partial charge in [0.1, 0.15) is 42.4 Å². The fourth-order valence-corrected chi connectivity index (χ4v) is 7.27. The smallest absolute Gasteiger partial charge is 0.338 e. The van der Waals surface area contributed by atoms with E-state index in [2.05, 4.69) is 15.2 Å². The zero-order valence-electron chi connectivity index (χ0n) is 27.4. The van der Waals surface area contributed by atoms with E-state index < -0.39 is 24.5 Å². The SMILES string of the molecule is COC(=O)C1=C(CN2CCN3C(=O)N(c4ccc(Oc5ccc(OCCF)cc5)cc4)C[C@@H]3C2)NC(c2nccs2)=N[C@H]1c1ccc(F)cc1Cl. The fraction of sp³-hybridized carbons (Fsp3) is 0.278.